The number of carboxylic acids is 1. The molecule has 0 radical (unpaired) electrons. The predicted octanol–water partition coefficient (Wildman–Crippen LogP) is -5.56. The van der Waals surface area contributed by atoms with E-state index in [9.17, 15) is 87.2 Å². The smallest absolute Gasteiger partial charge is 0.326 e. The molecule has 150 heavy (non-hydrogen) atoms. The summed E-state index contributed by atoms with van der Waals surface area (Å²) in [5.74, 6) is -32.8. The molecular formula is C97H131N23O26S4. The SMILES string of the molecule is CC[C@H](C)[C@@H]1NC(=O)[C@H](C)NC(=O)[C@H](Cc2ccc(O)cc2)NC(=O)CNC(=O)[C@@H]2CSSC[C@@H]3NC(=O)C[C@H](NC(=O)[C@H](CC(N)=O)NC(=O)[C@H](CSSC[C@@H](C(=O)N[C@@H](Cc4ccccc4)C(=O)N[C@@H](Cc4c[nH]c5ccccc45)C(=O)O)NC(=O)[C@@H](C(C)C)NC1=O)NC(=O)[C@H](CO)NC(=O)CNC(=O)[C@H](C(C)C)NC(=O)CNC(=O)[C@H](CC(C)C)NC3=O)C(=O)N[C@@H](Cc1ccccc1)C(=O)N[C@@H](C)C(=O)NCC(=O)N2. The number of rotatable bonds is 22. The van der Waals surface area contributed by atoms with Crippen LogP contribution in [0.3, 0.4) is 0 Å². The molecule has 0 unspecified atom stereocenters. The quantitative estimate of drug-likeness (QED) is 0.0287. The molecular weight excluding hydrogens is 2030 g/mol. The van der Waals surface area contributed by atoms with Crippen LogP contribution in [0.25, 0.3) is 10.9 Å². The van der Waals surface area contributed by atoms with E-state index < -0.39 is 337 Å². The van der Waals surface area contributed by atoms with Gasteiger partial charge >= 0.3 is 5.97 Å². The summed E-state index contributed by atoms with van der Waals surface area (Å²) in [6, 6.07) is -2.34. The van der Waals surface area contributed by atoms with Crippen molar-refractivity contribution in [2.24, 2.45) is 29.4 Å². The Bertz CT molecular complexity index is 5670. The Morgan fingerprint density at radius 1 is 0.400 bits per heavy atom. The molecule has 18 atom stereocenters. The van der Waals surface area contributed by atoms with Gasteiger partial charge < -0.3 is 138 Å². The first-order valence-corrected chi connectivity index (χ1v) is 53.4. The number of aromatic nitrogens is 1. The number of aliphatic hydroxyl groups is 1. The van der Waals surface area contributed by atoms with Gasteiger partial charge in [-0.25, -0.2) is 4.79 Å². The summed E-state index contributed by atoms with van der Waals surface area (Å²) < 4.78 is 0. The molecule has 22 amide bonds. The monoisotopic (exact) mass is 2160 g/mol. The number of primary amides is 1. The highest BCUT2D eigenvalue weighted by atomic mass is 33.1. The van der Waals surface area contributed by atoms with Crippen molar-refractivity contribution in [2.45, 2.75) is 223 Å². The zero-order valence-corrected chi connectivity index (χ0v) is 87.3. The summed E-state index contributed by atoms with van der Waals surface area (Å²) in [6.07, 6.45) is -2.37. The lowest BCUT2D eigenvalue weighted by atomic mass is 9.96. The molecule has 27 N–H and O–H groups in total. The van der Waals surface area contributed by atoms with Crippen LogP contribution < -0.4 is 117 Å². The number of phenolic OH excluding ortho intramolecular Hbond substituents is 1. The van der Waals surface area contributed by atoms with Gasteiger partial charge in [-0.1, -0.05) is 196 Å². The van der Waals surface area contributed by atoms with Crippen molar-refractivity contribution in [3.05, 3.63) is 138 Å². The number of H-pyrrole nitrogens is 1. The third-order valence-corrected chi connectivity index (χ3v) is 28.8. The average molecular weight is 2160 g/mol. The molecule has 0 spiro atoms. The molecule has 814 valence electrons. The van der Waals surface area contributed by atoms with Crippen molar-refractivity contribution in [3.63, 3.8) is 0 Å². The van der Waals surface area contributed by atoms with Gasteiger partial charge in [-0.2, -0.15) is 0 Å². The molecule has 4 bridgehead atoms. The summed E-state index contributed by atoms with van der Waals surface area (Å²) in [4.78, 5) is 339. The number of carboxylic acid groups (broad SMARTS) is 1. The first-order chi connectivity index (χ1) is 71.2. The van der Waals surface area contributed by atoms with Gasteiger partial charge in [-0.3, -0.25) is 105 Å². The number of phenols is 1. The molecule has 8 rings (SSSR count). The summed E-state index contributed by atoms with van der Waals surface area (Å²) in [7, 11) is 2.72. The molecule has 0 saturated carbocycles. The highest BCUT2D eigenvalue weighted by molar-refractivity contribution is 8.77. The topological polar surface area (TPSA) is 748 Å². The number of nitrogens with two attached hydrogens (primary N) is 1. The third kappa shape index (κ3) is 38.8. The minimum Gasteiger partial charge on any atom is -0.508 e. The number of aliphatic hydroxyl groups excluding tert-OH is 1. The van der Waals surface area contributed by atoms with Gasteiger partial charge in [0, 0.05) is 65.8 Å². The van der Waals surface area contributed by atoms with Gasteiger partial charge in [0.2, 0.25) is 130 Å². The molecule has 3 saturated heterocycles. The number of amides is 22. The van der Waals surface area contributed by atoms with Gasteiger partial charge in [-0.05, 0) is 84.4 Å². The van der Waals surface area contributed by atoms with Crippen LogP contribution >= 0.6 is 43.2 Å². The van der Waals surface area contributed by atoms with Crippen molar-refractivity contribution >= 4 is 190 Å². The number of nitrogens with one attached hydrogen (secondary N) is 22. The van der Waals surface area contributed by atoms with E-state index in [1.165, 1.54) is 77.9 Å². The fourth-order valence-electron chi connectivity index (χ4n) is 15.4. The second kappa shape index (κ2) is 59.5. The van der Waals surface area contributed by atoms with Crippen molar-refractivity contribution in [2.75, 3.05) is 55.8 Å². The molecule has 53 heteroatoms. The molecule has 3 aliphatic rings. The van der Waals surface area contributed by atoms with Crippen LogP contribution in [0.1, 0.15) is 117 Å². The number of para-hydroxylation sites is 1. The van der Waals surface area contributed by atoms with Gasteiger partial charge in [0.15, 0.2) is 0 Å². The van der Waals surface area contributed by atoms with Gasteiger partial charge in [0.05, 0.1) is 45.6 Å². The van der Waals surface area contributed by atoms with Crippen LogP contribution in [0, 0.1) is 23.7 Å². The van der Waals surface area contributed by atoms with Gasteiger partial charge in [0.25, 0.3) is 0 Å². The molecule has 4 heterocycles. The zero-order chi connectivity index (χ0) is 110. The van der Waals surface area contributed by atoms with Crippen LogP contribution in [0.5, 0.6) is 5.75 Å². The Balaban J connectivity index is 1.31. The van der Waals surface area contributed by atoms with Gasteiger partial charge in [-0.15, -0.1) is 0 Å². The highest BCUT2D eigenvalue weighted by Gasteiger charge is 2.42. The minimum absolute atomic E-state index is 0.170. The van der Waals surface area contributed by atoms with E-state index in [0.29, 0.717) is 54.7 Å². The van der Waals surface area contributed by atoms with Crippen LogP contribution in [0.4, 0.5) is 0 Å². The van der Waals surface area contributed by atoms with E-state index >= 15 is 38.4 Å². The van der Waals surface area contributed by atoms with E-state index in [4.69, 9.17) is 5.73 Å². The number of carbonyl (C=O) groups excluding carboxylic acids is 22. The molecule has 0 aliphatic carbocycles. The molecule has 1 aromatic heterocycles. The Morgan fingerprint density at radius 3 is 1.42 bits per heavy atom. The fraction of sp³-hybridized carbons (Fsp3) is 0.495. The fourth-order valence-corrected chi connectivity index (χ4v) is 20.1. The maximum absolute atomic E-state index is 15.6. The molecule has 4 aromatic carbocycles. The summed E-state index contributed by atoms with van der Waals surface area (Å²) >= 11 is 0. The Kier molecular flexibility index (Phi) is 47.9. The number of benzene rings is 4. The van der Waals surface area contributed by atoms with Crippen molar-refractivity contribution in [1.29, 1.82) is 0 Å². The van der Waals surface area contributed by atoms with Crippen LogP contribution in [-0.4, -0.2) is 315 Å². The lowest BCUT2D eigenvalue weighted by molar-refractivity contribution is -0.142. The number of aromatic amines is 1. The first-order valence-electron chi connectivity index (χ1n) is 48.4. The van der Waals surface area contributed by atoms with Crippen LogP contribution in [0.15, 0.2) is 115 Å². The highest BCUT2D eigenvalue weighted by Crippen LogP contribution is 2.28. The number of hydrogen-bond acceptors (Lipinski definition) is 29. The molecule has 5 aromatic rings. The molecule has 49 nitrogen and oxygen atoms in total. The maximum atomic E-state index is 15.6. The summed E-state index contributed by atoms with van der Waals surface area (Å²) in [5.41, 5.74) is 8.02. The number of aliphatic carboxylic acids is 1. The summed E-state index contributed by atoms with van der Waals surface area (Å²) in [6.45, 7) is 9.93. The average Bonchev–Trinajstić information content (AvgIpc) is 1.63. The summed E-state index contributed by atoms with van der Waals surface area (Å²) in [5, 5.41) is 84.2. The Labute approximate surface area is 879 Å². The Morgan fingerprint density at radius 2 is 0.847 bits per heavy atom. The number of fused-ring (bicyclic) bond motifs is 10. The normalized spacial score (nSPS) is 24.8. The standard InChI is InChI=1S/C97H131N23O26S4/c1-11-50(8)80-96(144)119-79(49(6)7)95(143)117-71(93(141)112-63(32-54-22-16-13-17-23-54)87(135)115-66(97(145)146)34-56-37-99-59-25-19-18-24-58(56)59)46-150-149-45-70-92(140)113-64(35-72(98)123)88(136)114-65-36-73(124)108-69(91(139)110-60(30-47(2)3)83(131)101-41-77(128)118-78(48(4)5)94(142)103-40-75(126)107-67(42-121)90(138)116-70)44-148-147-43-68(109-76(127)38-100-81(129)51(9)104-86(134)62(111-89(65)137)31-53-20-14-12-15-21-53)84(132)102-39-74(125)106-61(33-55-26-28-57(122)29-27-55)85(133)105-52(10)82(130)120-80/h12-29,37,47-52,60-71,78-80,99,121-122H,11,30-36,38-46H2,1-10H3,(H2,98,123)(H,100,129)(H,101,131)(H,102,132)(H,103,142)(H,104,134)(H,105,133)(H,106,125)(H,107,126)(H,108,124)(H,109,127)(H,110,139)(H,111,137)(H,112,141)(H,113,140)(H,114,136)(H,115,135)(H,116,138)(H,117,143)(H,118,128)(H,119,144)(H,120,130)(H,145,146)/t50-,51-,52-,60-,61-,62-,63-,64-,65-,66-,67-,68-,69-,70-,71-,78-,79+,80-/m0/s1. The maximum Gasteiger partial charge on any atom is 0.326 e. The number of aromatic hydroxyl groups is 1. The van der Waals surface area contributed by atoms with Crippen molar-refractivity contribution in [3.8, 4) is 5.75 Å². The lowest BCUT2D eigenvalue weighted by Gasteiger charge is -2.30. The number of hydrogen-bond donors (Lipinski definition) is 26. The van der Waals surface area contributed by atoms with E-state index in [2.05, 4.69) is 117 Å². The van der Waals surface area contributed by atoms with Crippen molar-refractivity contribution < 1.29 is 126 Å². The largest absolute Gasteiger partial charge is 0.508 e. The molecule has 3 fully saturated rings. The van der Waals surface area contributed by atoms with Crippen molar-refractivity contribution in [1.82, 2.24) is 117 Å². The van der Waals surface area contributed by atoms with E-state index in [-0.39, 0.29) is 37.9 Å². The first kappa shape index (κ1) is 121. The number of carbonyl (C=O) groups is 23. The van der Waals surface area contributed by atoms with E-state index in [0.717, 1.165) is 21.6 Å². The van der Waals surface area contributed by atoms with E-state index in [1.54, 1.807) is 107 Å². The predicted molar refractivity (Wildman–Crippen MR) is 552 cm³/mol. The second-order valence-corrected chi connectivity index (χ2v) is 42.3. The van der Waals surface area contributed by atoms with E-state index in [1.807, 2.05) is 0 Å². The Hall–Kier alpha value is -14.6. The third-order valence-electron chi connectivity index (χ3n) is 24.0. The van der Waals surface area contributed by atoms with Crippen LogP contribution in [0.2, 0.25) is 0 Å². The lowest BCUT2D eigenvalue weighted by Crippen LogP contribution is -2.62. The second-order valence-electron chi connectivity index (χ2n) is 37.2. The van der Waals surface area contributed by atoms with Gasteiger partial charge in [0.1, 0.15) is 108 Å². The zero-order valence-electron chi connectivity index (χ0n) is 84.1. The van der Waals surface area contributed by atoms with Crippen LogP contribution in [-0.2, 0) is 136 Å². The minimum atomic E-state index is -2.32. The molecule has 3 aliphatic heterocycles.